The molecule has 0 bridgehead atoms. The highest BCUT2D eigenvalue weighted by atomic mass is 32.2. The van der Waals surface area contributed by atoms with E-state index in [1.165, 1.54) is 21.3 Å². The SMILES string of the molecule is COc1cc(OC)c(C(N)C(C)S(C)(=O)=O)c(OC)c1. The van der Waals surface area contributed by atoms with Crippen LogP contribution in [0.15, 0.2) is 12.1 Å². The molecule has 0 aromatic heterocycles. The fraction of sp³-hybridized carbons (Fsp3) is 0.538. The molecule has 1 aromatic rings. The number of nitrogens with two attached hydrogens (primary N) is 1. The van der Waals surface area contributed by atoms with Crippen molar-refractivity contribution in [1.82, 2.24) is 0 Å². The molecule has 2 N–H and O–H groups in total. The molecule has 0 aliphatic carbocycles. The van der Waals surface area contributed by atoms with Crippen molar-refractivity contribution in [2.24, 2.45) is 5.73 Å². The van der Waals surface area contributed by atoms with Gasteiger partial charge in [-0.1, -0.05) is 0 Å². The smallest absolute Gasteiger partial charge is 0.151 e. The third kappa shape index (κ3) is 3.34. The highest BCUT2D eigenvalue weighted by Crippen LogP contribution is 2.39. The molecule has 0 aliphatic heterocycles. The second-order valence-corrected chi connectivity index (χ2v) is 6.91. The van der Waals surface area contributed by atoms with Crippen molar-refractivity contribution < 1.29 is 22.6 Å². The van der Waals surface area contributed by atoms with E-state index in [1.54, 1.807) is 19.1 Å². The molecule has 0 saturated heterocycles. The molecule has 0 spiro atoms. The van der Waals surface area contributed by atoms with E-state index in [0.717, 1.165) is 6.26 Å². The zero-order chi connectivity index (χ0) is 15.5. The summed E-state index contributed by atoms with van der Waals surface area (Å²) in [6.45, 7) is 1.56. The lowest BCUT2D eigenvalue weighted by molar-refractivity contribution is 0.363. The van der Waals surface area contributed by atoms with Crippen LogP contribution in [-0.4, -0.2) is 41.3 Å². The van der Waals surface area contributed by atoms with E-state index in [4.69, 9.17) is 19.9 Å². The largest absolute Gasteiger partial charge is 0.496 e. The molecule has 6 nitrogen and oxygen atoms in total. The van der Waals surface area contributed by atoms with Gasteiger partial charge in [-0.2, -0.15) is 0 Å². The van der Waals surface area contributed by atoms with Crippen molar-refractivity contribution in [2.75, 3.05) is 27.6 Å². The van der Waals surface area contributed by atoms with Crippen molar-refractivity contribution in [3.8, 4) is 17.2 Å². The summed E-state index contributed by atoms with van der Waals surface area (Å²) in [4.78, 5) is 0. The van der Waals surface area contributed by atoms with Crippen LogP contribution in [0, 0.1) is 0 Å². The van der Waals surface area contributed by atoms with E-state index >= 15 is 0 Å². The molecule has 7 heteroatoms. The number of rotatable bonds is 6. The number of methoxy groups -OCH3 is 3. The Hall–Kier alpha value is -1.47. The number of hydrogen-bond donors (Lipinski definition) is 1. The summed E-state index contributed by atoms with van der Waals surface area (Å²) in [5.74, 6) is 1.41. The van der Waals surface area contributed by atoms with Crippen LogP contribution in [0.2, 0.25) is 0 Å². The Kier molecular flexibility index (Phi) is 5.24. The Morgan fingerprint density at radius 1 is 1.05 bits per heavy atom. The summed E-state index contributed by atoms with van der Waals surface area (Å²) in [6.07, 6.45) is 1.15. The Bertz CT molecular complexity index is 545. The lowest BCUT2D eigenvalue weighted by Gasteiger charge is -2.23. The predicted octanol–water partition coefficient (Wildman–Crippen LogP) is 1.15. The lowest BCUT2D eigenvalue weighted by Crippen LogP contribution is -2.31. The fourth-order valence-electron chi connectivity index (χ4n) is 1.86. The van der Waals surface area contributed by atoms with Crippen LogP contribution in [0.25, 0.3) is 0 Å². The van der Waals surface area contributed by atoms with E-state index in [9.17, 15) is 8.42 Å². The minimum absolute atomic E-state index is 0.434. The lowest BCUT2D eigenvalue weighted by atomic mass is 10.0. The van der Waals surface area contributed by atoms with Crippen molar-refractivity contribution in [1.29, 1.82) is 0 Å². The fourth-order valence-corrected chi connectivity index (χ4v) is 2.53. The van der Waals surface area contributed by atoms with Crippen LogP contribution >= 0.6 is 0 Å². The standard InChI is InChI=1S/C13H21NO5S/c1-8(20(5,15)16)13(14)12-10(18-3)6-9(17-2)7-11(12)19-4/h6-8,13H,14H2,1-5H3. The van der Waals surface area contributed by atoms with Crippen molar-refractivity contribution in [3.05, 3.63) is 17.7 Å². The molecule has 0 heterocycles. The topological polar surface area (TPSA) is 87.9 Å². The van der Waals surface area contributed by atoms with Gasteiger partial charge in [0.25, 0.3) is 0 Å². The summed E-state index contributed by atoms with van der Waals surface area (Å²) in [6, 6.07) is 2.53. The molecule has 0 amide bonds. The minimum atomic E-state index is -3.28. The van der Waals surface area contributed by atoms with Gasteiger partial charge in [-0.25, -0.2) is 8.42 Å². The van der Waals surface area contributed by atoms with Gasteiger partial charge >= 0.3 is 0 Å². The van der Waals surface area contributed by atoms with Crippen LogP contribution in [0.3, 0.4) is 0 Å². The van der Waals surface area contributed by atoms with Gasteiger partial charge in [0.05, 0.1) is 38.2 Å². The molecular formula is C13H21NO5S. The van der Waals surface area contributed by atoms with Crippen LogP contribution < -0.4 is 19.9 Å². The Labute approximate surface area is 119 Å². The molecule has 1 rings (SSSR count). The maximum absolute atomic E-state index is 11.7. The first kappa shape index (κ1) is 16.6. The summed E-state index contributed by atoms with van der Waals surface area (Å²) >= 11 is 0. The molecule has 114 valence electrons. The van der Waals surface area contributed by atoms with E-state index in [0.29, 0.717) is 22.8 Å². The molecule has 0 aliphatic rings. The summed E-state index contributed by atoms with van der Waals surface area (Å²) in [7, 11) is 1.20. The van der Waals surface area contributed by atoms with Gasteiger partial charge in [-0.15, -0.1) is 0 Å². The van der Waals surface area contributed by atoms with E-state index in [-0.39, 0.29) is 0 Å². The van der Waals surface area contributed by atoms with Gasteiger partial charge in [0.2, 0.25) is 0 Å². The first-order chi connectivity index (χ1) is 9.26. The van der Waals surface area contributed by atoms with Gasteiger partial charge in [-0.05, 0) is 6.92 Å². The number of ether oxygens (including phenoxy) is 3. The van der Waals surface area contributed by atoms with Crippen LogP contribution in [0.1, 0.15) is 18.5 Å². The van der Waals surface area contributed by atoms with Crippen molar-refractivity contribution in [2.45, 2.75) is 18.2 Å². The summed E-state index contributed by atoms with van der Waals surface area (Å²) < 4.78 is 39.1. The Balaban J connectivity index is 3.42. The minimum Gasteiger partial charge on any atom is -0.496 e. The number of sulfone groups is 1. The van der Waals surface area contributed by atoms with Crippen molar-refractivity contribution in [3.63, 3.8) is 0 Å². The second-order valence-electron chi connectivity index (χ2n) is 4.51. The Morgan fingerprint density at radius 3 is 1.80 bits per heavy atom. The molecule has 2 unspecified atom stereocenters. The van der Waals surface area contributed by atoms with Gasteiger partial charge in [-0.3, -0.25) is 0 Å². The van der Waals surface area contributed by atoms with E-state index in [2.05, 4.69) is 0 Å². The van der Waals surface area contributed by atoms with Gasteiger partial charge in [0.15, 0.2) is 9.84 Å². The average molecular weight is 303 g/mol. The second kappa shape index (κ2) is 6.32. The van der Waals surface area contributed by atoms with Gasteiger partial charge < -0.3 is 19.9 Å². The molecule has 20 heavy (non-hydrogen) atoms. The maximum atomic E-state index is 11.7. The van der Waals surface area contributed by atoms with Crippen LogP contribution in [0.5, 0.6) is 17.2 Å². The zero-order valence-electron chi connectivity index (χ0n) is 12.3. The third-order valence-corrected chi connectivity index (χ3v) is 4.91. The van der Waals surface area contributed by atoms with E-state index in [1.807, 2.05) is 0 Å². The number of benzene rings is 1. The highest BCUT2D eigenvalue weighted by Gasteiger charge is 2.29. The molecular weight excluding hydrogens is 282 g/mol. The average Bonchev–Trinajstić information content (AvgIpc) is 2.42. The number of hydrogen-bond acceptors (Lipinski definition) is 6. The van der Waals surface area contributed by atoms with Crippen LogP contribution in [0.4, 0.5) is 0 Å². The molecule has 2 atom stereocenters. The quantitative estimate of drug-likeness (QED) is 0.848. The molecule has 0 saturated carbocycles. The highest BCUT2D eigenvalue weighted by molar-refractivity contribution is 7.91. The zero-order valence-corrected chi connectivity index (χ0v) is 13.2. The Morgan fingerprint density at radius 2 is 1.50 bits per heavy atom. The van der Waals surface area contributed by atoms with Crippen molar-refractivity contribution >= 4 is 9.84 Å². The first-order valence-electron chi connectivity index (χ1n) is 6.00. The molecule has 0 fully saturated rings. The molecule has 0 radical (unpaired) electrons. The van der Waals surface area contributed by atoms with Gasteiger partial charge in [0.1, 0.15) is 17.2 Å². The van der Waals surface area contributed by atoms with Gasteiger partial charge in [0, 0.05) is 18.4 Å². The predicted molar refractivity (Wildman–Crippen MR) is 77.3 cm³/mol. The van der Waals surface area contributed by atoms with E-state index < -0.39 is 21.1 Å². The van der Waals surface area contributed by atoms with Crippen LogP contribution in [-0.2, 0) is 9.84 Å². The maximum Gasteiger partial charge on any atom is 0.151 e. The summed E-state index contributed by atoms with van der Waals surface area (Å²) in [5, 5.41) is -0.765. The monoisotopic (exact) mass is 303 g/mol. The third-order valence-electron chi connectivity index (χ3n) is 3.27. The summed E-state index contributed by atoms with van der Waals surface area (Å²) in [5.41, 5.74) is 6.60. The normalized spacial score (nSPS) is 14.5. The first-order valence-corrected chi connectivity index (χ1v) is 7.96. The molecule has 1 aromatic carbocycles.